The Bertz CT molecular complexity index is 752. The zero-order chi connectivity index (χ0) is 16.6. The molecule has 122 valence electrons. The molecule has 5 heteroatoms. The topological polar surface area (TPSA) is 47.6 Å². The van der Waals surface area contributed by atoms with Crippen LogP contribution in [0.5, 0.6) is 5.75 Å². The fourth-order valence-electron chi connectivity index (χ4n) is 2.86. The molecular weight excluding hydrogens is 314 g/mol. The summed E-state index contributed by atoms with van der Waals surface area (Å²) < 4.78 is 10.7. The highest BCUT2D eigenvalue weighted by Crippen LogP contribution is 2.42. The Labute approximate surface area is 140 Å². The van der Waals surface area contributed by atoms with Crippen LogP contribution in [0.15, 0.2) is 30.3 Å². The van der Waals surface area contributed by atoms with Crippen LogP contribution >= 0.6 is 11.6 Å². The van der Waals surface area contributed by atoms with E-state index in [9.17, 15) is 4.79 Å². The quantitative estimate of drug-likeness (QED) is 0.482. The third-order valence-electron chi connectivity index (χ3n) is 3.76. The molecule has 1 atom stereocenters. The van der Waals surface area contributed by atoms with E-state index in [-0.39, 0.29) is 5.92 Å². The molecule has 23 heavy (non-hydrogen) atoms. The lowest BCUT2D eigenvalue weighted by Crippen LogP contribution is -2.26. The van der Waals surface area contributed by atoms with Crippen molar-refractivity contribution in [2.45, 2.75) is 32.3 Å². The van der Waals surface area contributed by atoms with E-state index in [0.717, 1.165) is 23.0 Å². The van der Waals surface area contributed by atoms with Gasteiger partial charge in [0, 0.05) is 35.5 Å². The Kier molecular flexibility index (Phi) is 4.11. The zero-order valence-corrected chi connectivity index (χ0v) is 14.2. The highest BCUT2D eigenvalue weighted by Gasteiger charge is 2.27. The molecule has 0 amide bonds. The molecular formula is C18H20ClNO3. The predicted octanol–water partition coefficient (Wildman–Crippen LogP) is 4.90. The molecule has 0 radical (unpaired) electrons. The smallest absolute Gasteiger partial charge is 0.428 e. The number of halogens is 1. The van der Waals surface area contributed by atoms with E-state index < -0.39 is 11.8 Å². The molecule has 1 N–H and O–H groups in total. The minimum atomic E-state index is -0.700. The first-order chi connectivity index (χ1) is 10.9. The minimum Gasteiger partial charge on any atom is -0.428 e. The lowest BCUT2D eigenvalue weighted by molar-refractivity contribution is 0.0209. The van der Waals surface area contributed by atoms with Crippen molar-refractivity contribution < 1.29 is 14.3 Å². The van der Waals surface area contributed by atoms with Crippen molar-refractivity contribution in [3.8, 4) is 5.75 Å². The number of hydrogen-bond acceptors (Lipinski definition) is 4. The maximum Gasteiger partial charge on any atom is 0.514 e. The average molecular weight is 334 g/mol. The van der Waals surface area contributed by atoms with Crippen LogP contribution in [0, 0.1) is 0 Å². The number of hydrogen-bond donors (Lipinski definition) is 1. The van der Waals surface area contributed by atoms with Gasteiger partial charge in [0.05, 0.1) is 0 Å². The minimum absolute atomic E-state index is 0.257. The standard InChI is InChI=1S/C18H20ClNO3/c1-18(2,3)23-17(21)22-15-8-14-16(11(9-19)10-20-14)13-7-5-4-6-12(13)15/h4-8,11,20H,9-10H2,1-3H3/t11-/m1/s1. The van der Waals surface area contributed by atoms with Gasteiger partial charge in [-0.05, 0) is 31.7 Å². The summed E-state index contributed by atoms with van der Waals surface area (Å²) in [7, 11) is 0. The van der Waals surface area contributed by atoms with Crippen molar-refractivity contribution in [1.82, 2.24) is 0 Å². The zero-order valence-electron chi connectivity index (χ0n) is 13.5. The lowest BCUT2D eigenvalue weighted by Gasteiger charge is -2.19. The molecule has 2 aromatic rings. The molecule has 0 fully saturated rings. The molecule has 1 aliphatic rings. The number of nitrogens with one attached hydrogen (secondary N) is 1. The largest absolute Gasteiger partial charge is 0.514 e. The first-order valence-electron chi connectivity index (χ1n) is 7.65. The Morgan fingerprint density at radius 2 is 2.00 bits per heavy atom. The van der Waals surface area contributed by atoms with Crippen LogP contribution in [0.2, 0.25) is 0 Å². The van der Waals surface area contributed by atoms with E-state index in [2.05, 4.69) is 5.32 Å². The van der Waals surface area contributed by atoms with Gasteiger partial charge in [-0.15, -0.1) is 11.6 Å². The fourth-order valence-corrected chi connectivity index (χ4v) is 3.13. The van der Waals surface area contributed by atoms with Crippen LogP contribution < -0.4 is 10.1 Å². The molecule has 0 saturated carbocycles. The number of carbonyl (C=O) groups excluding carboxylic acids is 1. The van der Waals surface area contributed by atoms with Crippen LogP contribution in [0.1, 0.15) is 32.3 Å². The van der Waals surface area contributed by atoms with E-state index in [0.29, 0.717) is 11.6 Å². The highest BCUT2D eigenvalue weighted by molar-refractivity contribution is 6.18. The maximum atomic E-state index is 12.0. The van der Waals surface area contributed by atoms with E-state index in [4.69, 9.17) is 21.1 Å². The summed E-state index contributed by atoms with van der Waals surface area (Å²) in [6.07, 6.45) is -0.700. The number of benzene rings is 2. The Hall–Kier alpha value is -1.94. The fraction of sp³-hybridized carbons (Fsp3) is 0.389. The van der Waals surface area contributed by atoms with Crippen molar-refractivity contribution in [1.29, 1.82) is 0 Å². The van der Waals surface area contributed by atoms with Crippen LogP contribution in [-0.2, 0) is 4.74 Å². The summed E-state index contributed by atoms with van der Waals surface area (Å²) in [5, 5.41) is 5.28. The third-order valence-corrected chi connectivity index (χ3v) is 4.14. The Balaban J connectivity index is 2.03. The maximum absolute atomic E-state index is 12.0. The first kappa shape index (κ1) is 15.9. The molecule has 1 heterocycles. The summed E-state index contributed by atoms with van der Waals surface area (Å²) in [6.45, 7) is 6.21. The SMILES string of the molecule is CC(C)(C)OC(=O)Oc1cc2c(c3ccccc13)[C@H](CCl)CN2. The van der Waals surface area contributed by atoms with Gasteiger partial charge in [-0.2, -0.15) is 0 Å². The molecule has 4 nitrogen and oxygen atoms in total. The summed E-state index contributed by atoms with van der Waals surface area (Å²) in [5.74, 6) is 1.31. The van der Waals surface area contributed by atoms with Crippen molar-refractivity contribution in [2.24, 2.45) is 0 Å². The molecule has 2 aromatic carbocycles. The van der Waals surface area contributed by atoms with Crippen LogP contribution in [0.4, 0.5) is 10.5 Å². The van der Waals surface area contributed by atoms with E-state index in [1.54, 1.807) is 0 Å². The molecule has 0 unspecified atom stereocenters. The molecule has 0 bridgehead atoms. The van der Waals surface area contributed by atoms with Gasteiger partial charge in [0.1, 0.15) is 11.4 Å². The van der Waals surface area contributed by atoms with E-state index in [1.165, 1.54) is 5.56 Å². The van der Waals surface area contributed by atoms with Crippen LogP contribution in [0.25, 0.3) is 10.8 Å². The van der Waals surface area contributed by atoms with Gasteiger partial charge in [-0.25, -0.2) is 4.79 Å². The normalized spacial score (nSPS) is 16.8. The van der Waals surface area contributed by atoms with Gasteiger partial charge in [0.25, 0.3) is 0 Å². The molecule has 0 aromatic heterocycles. The van der Waals surface area contributed by atoms with E-state index in [1.807, 2.05) is 51.1 Å². The predicted molar refractivity (Wildman–Crippen MR) is 92.8 cm³/mol. The number of carbonyl (C=O) groups is 1. The van der Waals surface area contributed by atoms with Crippen molar-refractivity contribution in [3.63, 3.8) is 0 Å². The third kappa shape index (κ3) is 3.22. The summed E-state index contributed by atoms with van der Waals surface area (Å²) in [5.41, 5.74) is 1.56. The summed E-state index contributed by atoms with van der Waals surface area (Å²) >= 11 is 6.09. The number of anilines is 1. The first-order valence-corrected chi connectivity index (χ1v) is 8.19. The molecule has 0 spiro atoms. The second-order valence-electron chi connectivity index (χ2n) is 6.68. The summed E-state index contributed by atoms with van der Waals surface area (Å²) in [6, 6.07) is 9.73. The van der Waals surface area contributed by atoms with Crippen molar-refractivity contribution in [3.05, 3.63) is 35.9 Å². The van der Waals surface area contributed by atoms with Gasteiger partial charge in [0.15, 0.2) is 0 Å². The van der Waals surface area contributed by atoms with Gasteiger partial charge < -0.3 is 14.8 Å². The number of alkyl halides is 1. The monoisotopic (exact) mass is 333 g/mol. The number of ether oxygens (including phenoxy) is 2. The van der Waals surface area contributed by atoms with Gasteiger partial charge >= 0.3 is 6.16 Å². The lowest BCUT2D eigenvalue weighted by atomic mass is 9.95. The molecule has 0 aliphatic carbocycles. The average Bonchev–Trinajstić information content (AvgIpc) is 2.88. The highest BCUT2D eigenvalue weighted by atomic mass is 35.5. The summed E-state index contributed by atoms with van der Waals surface area (Å²) in [4.78, 5) is 12.0. The van der Waals surface area contributed by atoms with Gasteiger partial charge in [-0.1, -0.05) is 24.3 Å². The number of rotatable bonds is 2. The van der Waals surface area contributed by atoms with Gasteiger partial charge in [0.2, 0.25) is 0 Å². The van der Waals surface area contributed by atoms with E-state index >= 15 is 0 Å². The molecule has 0 saturated heterocycles. The van der Waals surface area contributed by atoms with Crippen LogP contribution in [0.3, 0.4) is 0 Å². The molecule has 1 aliphatic heterocycles. The van der Waals surface area contributed by atoms with Gasteiger partial charge in [-0.3, -0.25) is 0 Å². The number of fused-ring (bicyclic) bond motifs is 3. The van der Waals surface area contributed by atoms with Crippen molar-refractivity contribution >= 4 is 34.2 Å². The second-order valence-corrected chi connectivity index (χ2v) is 6.99. The Morgan fingerprint density at radius 1 is 1.30 bits per heavy atom. The Morgan fingerprint density at radius 3 is 2.65 bits per heavy atom. The van der Waals surface area contributed by atoms with Crippen LogP contribution in [-0.4, -0.2) is 24.2 Å². The second kappa shape index (κ2) is 5.93. The molecule has 3 rings (SSSR count). The van der Waals surface area contributed by atoms with Crippen molar-refractivity contribution in [2.75, 3.05) is 17.7 Å².